The Morgan fingerprint density at radius 3 is 2.00 bits per heavy atom. The number of sulfonamides is 1. The van der Waals surface area contributed by atoms with E-state index >= 15 is 0 Å². The van der Waals surface area contributed by atoms with Gasteiger partial charge in [0.2, 0.25) is 10.0 Å². The smallest absolute Gasteiger partial charge is 0.209 e. The van der Waals surface area contributed by atoms with Crippen molar-refractivity contribution in [3.05, 3.63) is 6.54 Å². The van der Waals surface area contributed by atoms with E-state index in [-0.39, 0.29) is 5.92 Å². The molecular formula is C5H12NO2S. The fraction of sp³-hybridized carbons (Fsp3) is 0.800. The summed E-state index contributed by atoms with van der Waals surface area (Å²) in [5.41, 5.74) is 0. The van der Waals surface area contributed by atoms with Gasteiger partial charge in [0.15, 0.2) is 0 Å². The predicted molar refractivity (Wildman–Crippen MR) is 37.1 cm³/mol. The Balaban J connectivity index is 3.53. The van der Waals surface area contributed by atoms with Crippen LogP contribution in [0.2, 0.25) is 0 Å². The van der Waals surface area contributed by atoms with Crippen molar-refractivity contribution in [2.45, 2.75) is 13.8 Å². The van der Waals surface area contributed by atoms with E-state index in [1.165, 1.54) is 6.54 Å². The van der Waals surface area contributed by atoms with Crippen molar-refractivity contribution in [3.63, 3.8) is 0 Å². The van der Waals surface area contributed by atoms with Crippen LogP contribution in [0.5, 0.6) is 0 Å². The molecule has 1 radical (unpaired) electrons. The van der Waals surface area contributed by atoms with Crippen LogP contribution in [0.1, 0.15) is 13.8 Å². The minimum absolute atomic E-state index is 0.250. The van der Waals surface area contributed by atoms with Gasteiger partial charge in [-0.2, -0.15) is 0 Å². The van der Waals surface area contributed by atoms with E-state index in [9.17, 15) is 8.42 Å². The molecule has 0 aromatic heterocycles. The SMILES string of the molecule is CC(C)[CH]NS(C)(=O)=O. The van der Waals surface area contributed by atoms with Crippen LogP contribution in [-0.4, -0.2) is 14.7 Å². The summed E-state index contributed by atoms with van der Waals surface area (Å²) >= 11 is 0. The van der Waals surface area contributed by atoms with Gasteiger partial charge >= 0.3 is 0 Å². The van der Waals surface area contributed by atoms with Crippen molar-refractivity contribution in [2.75, 3.05) is 6.26 Å². The lowest BCUT2D eigenvalue weighted by Crippen LogP contribution is -2.21. The molecule has 3 nitrogen and oxygen atoms in total. The first kappa shape index (κ1) is 8.91. The van der Waals surface area contributed by atoms with Crippen molar-refractivity contribution >= 4 is 10.0 Å². The molecule has 0 aromatic rings. The molecule has 0 aliphatic rings. The zero-order valence-electron chi connectivity index (χ0n) is 5.88. The quantitative estimate of drug-likeness (QED) is 0.631. The van der Waals surface area contributed by atoms with Gasteiger partial charge < -0.3 is 0 Å². The van der Waals surface area contributed by atoms with Crippen LogP contribution in [0.15, 0.2) is 0 Å². The van der Waals surface area contributed by atoms with Gasteiger partial charge in [-0.15, -0.1) is 0 Å². The van der Waals surface area contributed by atoms with Crippen LogP contribution >= 0.6 is 0 Å². The average Bonchev–Trinajstić information content (AvgIpc) is 1.59. The summed E-state index contributed by atoms with van der Waals surface area (Å²) in [4.78, 5) is 0. The summed E-state index contributed by atoms with van der Waals surface area (Å²) in [5, 5.41) is 0. The van der Waals surface area contributed by atoms with Gasteiger partial charge in [0.25, 0.3) is 0 Å². The van der Waals surface area contributed by atoms with E-state index in [0.717, 1.165) is 6.26 Å². The zero-order chi connectivity index (χ0) is 7.49. The van der Waals surface area contributed by atoms with Gasteiger partial charge in [0, 0.05) is 6.54 Å². The lowest BCUT2D eigenvalue weighted by Gasteiger charge is -2.02. The molecule has 55 valence electrons. The van der Waals surface area contributed by atoms with Crippen LogP contribution in [0.4, 0.5) is 0 Å². The summed E-state index contributed by atoms with van der Waals surface area (Å²) in [6.07, 6.45) is 1.13. The zero-order valence-corrected chi connectivity index (χ0v) is 6.70. The van der Waals surface area contributed by atoms with Crippen molar-refractivity contribution in [1.82, 2.24) is 4.72 Å². The van der Waals surface area contributed by atoms with Crippen LogP contribution < -0.4 is 4.72 Å². The highest BCUT2D eigenvalue weighted by molar-refractivity contribution is 7.88. The second-order valence-corrected chi connectivity index (χ2v) is 4.08. The fourth-order valence-electron chi connectivity index (χ4n) is 0.260. The Bertz CT molecular complexity index is 160. The standard InChI is InChI=1S/C5H12NO2S/c1-5(2)4-6-9(3,7)8/h4-6H,1-3H3. The van der Waals surface area contributed by atoms with Crippen LogP contribution in [0.3, 0.4) is 0 Å². The predicted octanol–water partition coefficient (Wildman–Crippen LogP) is 0.353. The van der Waals surface area contributed by atoms with E-state index < -0.39 is 10.0 Å². The minimum Gasteiger partial charge on any atom is -0.213 e. The molecule has 0 amide bonds. The monoisotopic (exact) mass is 150 g/mol. The van der Waals surface area contributed by atoms with Crippen LogP contribution in [0, 0.1) is 12.5 Å². The third-order valence-corrected chi connectivity index (χ3v) is 1.18. The van der Waals surface area contributed by atoms with E-state index in [2.05, 4.69) is 4.72 Å². The highest BCUT2D eigenvalue weighted by Gasteiger charge is 2.00. The molecule has 0 rings (SSSR count). The molecule has 1 N–H and O–H groups in total. The fourth-order valence-corrected chi connectivity index (χ4v) is 0.779. The molecule has 0 aliphatic heterocycles. The highest BCUT2D eigenvalue weighted by Crippen LogP contribution is 1.93. The molecule has 4 heteroatoms. The Hall–Kier alpha value is -0.0900. The van der Waals surface area contributed by atoms with Crippen LogP contribution in [-0.2, 0) is 10.0 Å². The molecule has 0 spiro atoms. The van der Waals surface area contributed by atoms with Gasteiger partial charge in [-0.25, -0.2) is 13.1 Å². The summed E-state index contributed by atoms with van der Waals surface area (Å²) in [7, 11) is -3.02. The number of hydrogen-bond acceptors (Lipinski definition) is 2. The molecule has 0 atom stereocenters. The summed E-state index contributed by atoms with van der Waals surface area (Å²) in [5.74, 6) is 0.250. The summed E-state index contributed by atoms with van der Waals surface area (Å²) in [6.45, 7) is 5.34. The van der Waals surface area contributed by atoms with E-state index in [4.69, 9.17) is 0 Å². The third kappa shape index (κ3) is 7.91. The minimum atomic E-state index is -3.02. The molecule has 0 aromatic carbocycles. The summed E-state index contributed by atoms with van der Waals surface area (Å²) < 4.78 is 23.1. The maximum atomic E-state index is 10.4. The molecule has 0 bridgehead atoms. The van der Waals surface area contributed by atoms with Gasteiger partial charge in [-0.05, 0) is 5.92 Å². The molecular weight excluding hydrogens is 138 g/mol. The largest absolute Gasteiger partial charge is 0.213 e. The van der Waals surface area contributed by atoms with Crippen molar-refractivity contribution in [3.8, 4) is 0 Å². The van der Waals surface area contributed by atoms with E-state index in [1.54, 1.807) is 0 Å². The first-order valence-corrected chi connectivity index (χ1v) is 4.61. The lowest BCUT2D eigenvalue weighted by atomic mass is 10.2. The average molecular weight is 150 g/mol. The number of nitrogens with one attached hydrogen (secondary N) is 1. The highest BCUT2D eigenvalue weighted by atomic mass is 32.2. The normalized spacial score (nSPS) is 12.4. The molecule has 0 unspecified atom stereocenters. The number of rotatable bonds is 3. The Morgan fingerprint density at radius 2 is 1.89 bits per heavy atom. The van der Waals surface area contributed by atoms with Gasteiger partial charge in [-0.1, -0.05) is 13.8 Å². The molecule has 0 saturated carbocycles. The molecule has 0 heterocycles. The summed E-state index contributed by atoms with van der Waals surface area (Å²) in [6, 6.07) is 0. The first-order valence-electron chi connectivity index (χ1n) is 2.72. The second-order valence-electron chi connectivity index (χ2n) is 2.30. The van der Waals surface area contributed by atoms with Gasteiger partial charge in [-0.3, -0.25) is 0 Å². The topological polar surface area (TPSA) is 46.2 Å². The van der Waals surface area contributed by atoms with E-state index in [1.807, 2.05) is 13.8 Å². The van der Waals surface area contributed by atoms with Crippen molar-refractivity contribution < 1.29 is 8.42 Å². The van der Waals surface area contributed by atoms with Gasteiger partial charge in [0.05, 0.1) is 6.26 Å². The second kappa shape index (κ2) is 3.17. The van der Waals surface area contributed by atoms with Crippen molar-refractivity contribution in [2.24, 2.45) is 5.92 Å². The van der Waals surface area contributed by atoms with Crippen LogP contribution in [0.25, 0.3) is 0 Å². The molecule has 9 heavy (non-hydrogen) atoms. The maximum Gasteiger partial charge on any atom is 0.209 e. The molecule has 0 aliphatic carbocycles. The Labute approximate surface area is 56.5 Å². The Kier molecular flexibility index (Phi) is 3.14. The van der Waals surface area contributed by atoms with Crippen molar-refractivity contribution in [1.29, 1.82) is 0 Å². The van der Waals surface area contributed by atoms with Gasteiger partial charge in [0.1, 0.15) is 0 Å². The first-order chi connectivity index (χ1) is 3.92. The maximum absolute atomic E-state index is 10.4. The van der Waals surface area contributed by atoms with E-state index in [0.29, 0.717) is 0 Å². The number of hydrogen-bond donors (Lipinski definition) is 1. The Morgan fingerprint density at radius 1 is 1.44 bits per heavy atom. The third-order valence-electron chi connectivity index (χ3n) is 0.615. The molecule has 0 saturated heterocycles. The lowest BCUT2D eigenvalue weighted by molar-refractivity contribution is 0.586. The molecule has 0 fully saturated rings.